The van der Waals surface area contributed by atoms with Crippen LogP contribution in [0, 0.1) is 0 Å². The van der Waals surface area contributed by atoms with Crippen molar-refractivity contribution in [1.29, 1.82) is 0 Å². The molecule has 132 valence electrons. The maximum absolute atomic E-state index is 12.2. The molecule has 0 atom stereocenters. The van der Waals surface area contributed by atoms with Gasteiger partial charge in [0.2, 0.25) is 11.8 Å². The molecule has 0 bridgehead atoms. The van der Waals surface area contributed by atoms with Crippen molar-refractivity contribution in [3.63, 3.8) is 0 Å². The Hall–Kier alpha value is -1.79. The van der Waals surface area contributed by atoms with Crippen molar-refractivity contribution in [3.8, 4) is 5.75 Å². The van der Waals surface area contributed by atoms with E-state index in [0.29, 0.717) is 29.3 Å². The first-order valence-electron chi connectivity index (χ1n) is 8.15. The monoisotopic (exact) mass is 353 g/mol. The van der Waals surface area contributed by atoms with Gasteiger partial charge in [0.25, 0.3) is 0 Å². The highest BCUT2D eigenvalue weighted by Gasteiger charge is 2.34. The normalized spacial score (nSPS) is 16.3. The number of hydrogen-bond donors (Lipinski definition) is 3. The highest BCUT2D eigenvalue weighted by Crippen LogP contribution is 2.28. The third-order valence-electron chi connectivity index (χ3n) is 4.27. The van der Waals surface area contributed by atoms with Crippen LogP contribution in [-0.2, 0) is 9.59 Å². The number of methoxy groups -OCH3 is 1. The second-order valence-electron chi connectivity index (χ2n) is 6.12. The summed E-state index contributed by atoms with van der Waals surface area (Å²) in [6.07, 6.45) is 4.61. The van der Waals surface area contributed by atoms with Gasteiger partial charge in [0.15, 0.2) is 0 Å². The van der Waals surface area contributed by atoms with Crippen molar-refractivity contribution >= 4 is 29.1 Å². The summed E-state index contributed by atoms with van der Waals surface area (Å²) < 4.78 is 5.18. The second-order valence-corrected chi connectivity index (χ2v) is 6.55. The highest BCUT2D eigenvalue weighted by atomic mass is 35.5. The predicted molar refractivity (Wildman–Crippen MR) is 94.3 cm³/mol. The quantitative estimate of drug-likeness (QED) is 0.732. The predicted octanol–water partition coefficient (Wildman–Crippen LogP) is 2.46. The van der Waals surface area contributed by atoms with E-state index >= 15 is 0 Å². The van der Waals surface area contributed by atoms with Gasteiger partial charge in [-0.1, -0.05) is 30.9 Å². The van der Waals surface area contributed by atoms with Gasteiger partial charge in [-0.25, -0.2) is 0 Å². The number of carbonyl (C=O) groups excluding carboxylic acids is 2. The first-order valence-corrected chi connectivity index (χ1v) is 8.53. The van der Waals surface area contributed by atoms with E-state index < -0.39 is 5.54 Å². The first-order chi connectivity index (χ1) is 11.4. The number of halogens is 1. The van der Waals surface area contributed by atoms with Gasteiger partial charge in [0.05, 0.1) is 18.3 Å². The molecule has 0 aromatic heterocycles. The van der Waals surface area contributed by atoms with E-state index in [1.54, 1.807) is 18.2 Å². The zero-order valence-electron chi connectivity index (χ0n) is 13.9. The number of benzene rings is 1. The fourth-order valence-electron chi connectivity index (χ4n) is 2.87. The van der Waals surface area contributed by atoms with Crippen molar-refractivity contribution in [2.45, 2.75) is 44.1 Å². The average Bonchev–Trinajstić information content (AvgIpc) is 2.55. The zero-order valence-corrected chi connectivity index (χ0v) is 14.6. The smallest absolute Gasteiger partial charge is 0.240 e. The molecule has 0 heterocycles. The fourth-order valence-corrected chi connectivity index (χ4v) is 3.04. The van der Waals surface area contributed by atoms with E-state index in [9.17, 15) is 9.59 Å². The minimum atomic E-state index is -0.787. The second kappa shape index (κ2) is 8.35. The molecule has 1 saturated carbocycles. The summed E-state index contributed by atoms with van der Waals surface area (Å²) in [6.45, 7) is 0.243. The lowest BCUT2D eigenvalue weighted by Crippen LogP contribution is -2.55. The molecule has 6 nitrogen and oxygen atoms in total. The van der Waals surface area contributed by atoms with E-state index in [-0.39, 0.29) is 24.8 Å². The highest BCUT2D eigenvalue weighted by molar-refractivity contribution is 6.31. The fraction of sp³-hybridized carbons (Fsp3) is 0.529. The number of hydrogen-bond acceptors (Lipinski definition) is 4. The Bertz CT molecular complexity index is 601. The maximum atomic E-state index is 12.2. The Balaban J connectivity index is 1.81. The molecule has 0 radical (unpaired) electrons. The first kappa shape index (κ1) is 18.5. The Kier molecular flexibility index (Phi) is 6.45. The van der Waals surface area contributed by atoms with Crippen LogP contribution in [0.2, 0.25) is 5.02 Å². The van der Waals surface area contributed by atoms with E-state index in [0.717, 1.165) is 19.3 Å². The van der Waals surface area contributed by atoms with Gasteiger partial charge in [0, 0.05) is 18.0 Å². The number of amides is 2. The summed E-state index contributed by atoms with van der Waals surface area (Å²) in [4.78, 5) is 24.2. The van der Waals surface area contributed by atoms with E-state index in [4.69, 9.17) is 22.1 Å². The van der Waals surface area contributed by atoms with Crippen LogP contribution in [0.4, 0.5) is 5.69 Å². The zero-order chi connectivity index (χ0) is 17.6. The minimum absolute atomic E-state index is 0.150. The van der Waals surface area contributed by atoms with Crippen LogP contribution in [0.3, 0.4) is 0 Å². The summed E-state index contributed by atoms with van der Waals surface area (Å²) in [5, 5.41) is 6.00. The molecule has 1 aromatic carbocycles. The van der Waals surface area contributed by atoms with Crippen molar-refractivity contribution < 1.29 is 14.3 Å². The van der Waals surface area contributed by atoms with E-state index in [1.807, 2.05) is 0 Å². The van der Waals surface area contributed by atoms with Crippen LogP contribution in [-0.4, -0.2) is 31.0 Å². The number of ether oxygens (including phenoxy) is 1. The number of rotatable bonds is 6. The van der Waals surface area contributed by atoms with Gasteiger partial charge in [-0.15, -0.1) is 0 Å². The molecule has 1 aliphatic rings. The van der Waals surface area contributed by atoms with Gasteiger partial charge in [-0.05, 0) is 31.0 Å². The van der Waals surface area contributed by atoms with E-state index in [2.05, 4.69) is 10.6 Å². The minimum Gasteiger partial charge on any atom is -0.495 e. The molecular formula is C17H24ClN3O3. The van der Waals surface area contributed by atoms with Gasteiger partial charge < -0.3 is 21.1 Å². The largest absolute Gasteiger partial charge is 0.495 e. The summed E-state index contributed by atoms with van der Waals surface area (Å²) in [5.74, 6) is 0.126. The van der Waals surface area contributed by atoms with Crippen LogP contribution in [0.5, 0.6) is 5.75 Å². The molecule has 0 aliphatic heterocycles. The third kappa shape index (κ3) is 4.85. The SMILES string of the molecule is COc1ccc(Cl)cc1NC(=O)CCNC(=O)C1(N)CCCCC1. The standard InChI is InChI=1S/C17H24ClN3O3/c1-24-14-6-5-12(18)11-13(14)21-15(22)7-10-20-16(23)17(19)8-3-2-4-9-17/h5-6,11H,2-4,7-10,19H2,1H3,(H,20,23)(H,21,22). The van der Waals surface area contributed by atoms with Crippen LogP contribution >= 0.6 is 11.6 Å². The molecule has 1 fully saturated rings. The lowest BCUT2D eigenvalue weighted by Gasteiger charge is -2.31. The van der Waals surface area contributed by atoms with Gasteiger partial charge >= 0.3 is 0 Å². The number of nitrogens with two attached hydrogens (primary N) is 1. The average molecular weight is 354 g/mol. The van der Waals surface area contributed by atoms with Crippen LogP contribution < -0.4 is 21.1 Å². The van der Waals surface area contributed by atoms with E-state index in [1.165, 1.54) is 7.11 Å². The number of carbonyl (C=O) groups is 2. The third-order valence-corrected chi connectivity index (χ3v) is 4.51. The van der Waals surface area contributed by atoms with Gasteiger partial charge in [-0.2, -0.15) is 0 Å². The van der Waals surface area contributed by atoms with Gasteiger partial charge in [-0.3, -0.25) is 9.59 Å². The van der Waals surface area contributed by atoms with Crippen molar-refractivity contribution in [3.05, 3.63) is 23.2 Å². The molecule has 24 heavy (non-hydrogen) atoms. The molecule has 1 aliphatic carbocycles. The lowest BCUT2D eigenvalue weighted by atomic mass is 9.82. The molecule has 4 N–H and O–H groups in total. The molecule has 1 aromatic rings. The van der Waals surface area contributed by atoms with Crippen molar-refractivity contribution in [1.82, 2.24) is 5.32 Å². The summed E-state index contributed by atoms with van der Waals surface area (Å²) >= 11 is 5.93. The summed E-state index contributed by atoms with van der Waals surface area (Å²) in [6, 6.07) is 4.98. The molecule has 7 heteroatoms. The van der Waals surface area contributed by atoms with Crippen molar-refractivity contribution in [2.24, 2.45) is 5.73 Å². The lowest BCUT2D eigenvalue weighted by molar-refractivity contribution is -0.127. The summed E-state index contributed by atoms with van der Waals surface area (Å²) in [5.41, 5.74) is 5.87. The molecule has 0 unspecified atom stereocenters. The van der Waals surface area contributed by atoms with Crippen LogP contribution in [0.15, 0.2) is 18.2 Å². The maximum Gasteiger partial charge on any atom is 0.240 e. The molecule has 2 rings (SSSR count). The van der Waals surface area contributed by atoms with Crippen LogP contribution in [0.25, 0.3) is 0 Å². The number of nitrogens with one attached hydrogen (secondary N) is 2. The Morgan fingerprint density at radius 3 is 2.67 bits per heavy atom. The topological polar surface area (TPSA) is 93.5 Å². The van der Waals surface area contributed by atoms with Crippen molar-refractivity contribution in [2.75, 3.05) is 19.0 Å². The Labute approximate surface area is 147 Å². The molecule has 2 amide bonds. The number of anilines is 1. The Morgan fingerprint density at radius 2 is 2.00 bits per heavy atom. The summed E-state index contributed by atoms with van der Waals surface area (Å²) in [7, 11) is 1.52. The molecule has 0 spiro atoms. The molecule has 0 saturated heterocycles. The Morgan fingerprint density at radius 1 is 1.29 bits per heavy atom. The van der Waals surface area contributed by atoms with Gasteiger partial charge in [0.1, 0.15) is 5.75 Å². The molecular weight excluding hydrogens is 330 g/mol. The van der Waals surface area contributed by atoms with Crippen LogP contribution in [0.1, 0.15) is 38.5 Å².